The van der Waals surface area contributed by atoms with Crippen molar-refractivity contribution in [2.75, 3.05) is 11.9 Å². The number of rotatable bonds is 7. The highest BCUT2D eigenvalue weighted by atomic mass is 32.2. The van der Waals surface area contributed by atoms with E-state index in [0.717, 1.165) is 29.3 Å². The molecule has 3 aromatic rings. The van der Waals surface area contributed by atoms with Gasteiger partial charge in [0.05, 0.1) is 4.90 Å². The molecule has 29 heavy (non-hydrogen) atoms. The first kappa shape index (κ1) is 20.5. The standard InChI is InChI=1S/C21H19FN2O4S/c22-17-11-18(13-19(12-17)29(23,26)27)24-21(25)14-28-20-9-5-4-8-16(20)10-15-6-2-1-3-7-15/h1-9,11-13H,10,14H2,(H,24,25)(H2,23,26,27). The zero-order chi connectivity index (χ0) is 20.9. The molecule has 0 radical (unpaired) electrons. The van der Waals surface area contributed by atoms with Gasteiger partial charge in [0.2, 0.25) is 10.0 Å². The fourth-order valence-corrected chi connectivity index (χ4v) is 3.31. The predicted molar refractivity (Wildman–Crippen MR) is 108 cm³/mol. The number of para-hydroxylation sites is 1. The molecule has 0 saturated carbocycles. The number of benzene rings is 3. The Labute approximate surface area is 168 Å². The van der Waals surface area contributed by atoms with Crippen LogP contribution in [0.2, 0.25) is 0 Å². The Hall–Kier alpha value is -3.23. The summed E-state index contributed by atoms with van der Waals surface area (Å²) in [5, 5.41) is 7.42. The second-order valence-corrected chi connectivity index (χ2v) is 7.89. The fraction of sp³-hybridized carbons (Fsp3) is 0.0952. The summed E-state index contributed by atoms with van der Waals surface area (Å²) in [6.07, 6.45) is 0.639. The number of halogens is 1. The largest absolute Gasteiger partial charge is 0.483 e. The topological polar surface area (TPSA) is 98.5 Å². The van der Waals surface area contributed by atoms with Crippen molar-refractivity contribution in [2.45, 2.75) is 11.3 Å². The molecular weight excluding hydrogens is 395 g/mol. The van der Waals surface area contributed by atoms with Crippen molar-refractivity contribution in [2.24, 2.45) is 5.14 Å². The summed E-state index contributed by atoms with van der Waals surface area (Å²) in [6.45, 7) is -0.326. The van der Waals surface area contributed by atoms with Crippen LogP contribution in [-0.4, -0.2) is 20.9 Å². The highest BCUT2D eigenvalue weighted by Gasteiger charge is 2.13. The van der Waals surface area contributed by atoms with E-state index in [1.165, 1.54) is 0 Å². The Bertz CT molecular complexity index is 1120. The third-order valence-electron chi connectivity index (χ3n) is 4.05. The van der Waals surface area contributed by atoms with Crippen LogP contribution < -0.4 is 15.2 Å². The summed E-state index contributed by atoms with van der Waals surface area (Å²) in [7, 11) is -4.10. The van der Waals surface area contributed by atoms with Crippen molar-refractivity contribution in [1.29, 1.82) is 0 Å². The summed E-state index contributed by atoms with van der Waals surface area (Å²) in [4.78, 5) is 11.8. The predicted octanol–water partition coefficient (Wildman–Crippen LogP) is 3.08. The molecule has 6 nitrogen and oxygen atoms in total. The van der Waals surface area contributed by atoms with Gasteiger partial charge in [0, 0.05) is 12.1 Å². The van der Waals surface area contributed by atoms with Crippen LogP contribution in [0.4, 0.5) is 10.1 Å². The van der Waals surface area contributed by atoms with Gasteiger partial charge in [0.15, 0.2) is 6.61 Å². The van der Waals surface area contributed by atoms with Gasteiger partial charge in [-0.3, -0.25) is 4.79 Å². The van der Waals surface area contributed by atoms with Crippen molar-refractivity contribution in [1.82, 2.24) is 0 Å². The van der Waals surface area contributed by atoms with E-state index in [-0.39, 0.29) is 12.3 Å². The van der Waals surface area contributed by atoms with Crippen LogP contribution in [0.1, 0.15) is 11.1 Å². The summed E-state index contributed by atoms with van der Waals surface area (Å²) in [5.41, 5.74) is 1.98. The molecule has 150 valence electrons. The first-order chi connectivity index (χ1) is 13.8. The Morgan fingerprint density at radius 2 is 1.69 bits per heavy atom. The number of carbonyl (C=O) groups excluding carboxylic acids is 1. The van der Waals surface area contributed by atoms with Crippen LogP contribution in [0.25, 0.3) is 0 Å². The number of hydrogen-bond donors (Lipinski definition) is 2. The second kappa shape index (κ2) is 8.85. The van der Waals surface area contributed by atoms with Crippen LogP contribution >= 0.6 is 0 Å². The molecule has 0 fully saturated rings. The number of primary sulfonamides is 1. The quantitative estimate of drug-likeness (QED) is 0.621. The SMILES string of the molecule is NS(=O)(=O)c1cc(F)cc(NC(=O)COc2ccccc2Cc2ccccc2)c1. The molecule has 3 rings (SSSR count). The second-order valence-electron chi connectivity index (χ2n) is 6.33. The lowest BCUT2D eigenvalue weighted by atomic mass is 10.0. The van der Waals surface area contributed by atoms with E-state index >= 15 is 0 Å². The van der Waals surface area contributed by atoms with Gasteiger partial charge in [0.1, 0.15) is 11.6 Å². The Balaban J connectivity index is 1.67. The van der Waals surface area contributed by atoms with Gasteiger partial charge >= 0.3 is 0 Å². The summed E-state index contributed by atoms with van der Waals surface area (Å²) < 4.78 is 42.0. The average molecular weight is 414 g/mol. The van der Waals surface area contributed by atoms with Gasteiger partial charge in [0.25, 0.3) is 5.91 Å². The van der Waals surface area contributed by atoms with E-state index in [0.29, 0.717) is 12.2 Å². The van der Waals surface area contributed by atoms with Gasteiger partial charge < -0.3 is 10.1 Å². The van der Waals surface area contributed by atoms with Gasteiger partial charge in [-0.2, -0.15) is 0 Å². The minimum absolute atomic E-state index is 0.0276. The van der Waals surface area contributed by atoms with Crippen LogP contribution in [-0.2, 0) is 21.2 Å². The molecule has 0 aliphatic carbocycles. The van der Waals surface area contributed by atoms with E-state index in [9.17, 15) is 17.6 Å². The van der Waals surface area contributed by atoms with E-state index in [1.807, 2.05) is 42.5 Å². The summed E-state index contributed by atoms with van der Waals surface area (Å²) in [6, 6.07) is 20.0. The summed E-state index contributed by atoms with van der Waals surface area (Å²) >= 11 is 0. The Morgan fingerprint density at radius 1 is 1.00 bits per heavy atom. The smallest absolute Gasteiger partial charge is 0.262 e. The molecule has 0 aliphatic rings. The van der Waals surface area contributed by atoms with Crippen LogP contribution in [0.5, 0.6) is 5.75 Å². The molecule has 3 aromatic carbocycles. The number of carbonyl (C=O) groups is 1. The molecule has 3 N–H and O–H groups in total. The molecule has 0 aliphatic heterocycles. The van der Waals surface area contributed by atoms with E-state index < -0.39 is 26.6 Å². The lowest BCUT2D eigenvalue weighted by Crippen LogP contribution is -2.21. The molecule has 8 heteroatoms. The Morgan fingerprint density at radius 3 is 2.41 bits per heavy atom. The number of sulfonamides is 1. The lowest BCUT2D eigenvalue weighted by Gasteiger charge is -2.12. The fourth-order valence-electron chi connectivity index (χ4n) is 2.75. The van der Waals surface area contributed by atoms with Crippen molar-refractivity contribution in [3.05, 3.63) is 89.7 Å². The Kier molecular flexibility index (Phi) is 6.26. The molecule has 0 spiro atoms. The van der Waals surface area contributed by atoms with Crippen LogP contribution in [0, 0.1) is 5.82 Å². The number of ether oxygens (including phenoxy) is 1. The maximum atomic E-state index is 13.6. The molecule has 1 amide bonds. The number of nitrogens with two attached hydrogens (primary N) is 1. The highest BCUT2D eigenvalue weighted by molar-refractivity contribution is 7.89. The maximum absolute atomic E-state index is 13.6. The number of amides is 1. The van der Waals surface area contributed by atoms with Crippen LogP contribution in [0.3, 0.4) is 0 Å². The van der Waals surface area contributed by atoms with E-state index in [4.69, 9.17) is 9.88 Å². The molecule has 0 atom stereocenters. The monoisotopic (exact) mass is 414 g/mol. The van der Waals surface area contributed by atoms with Crippen LogP contribution in [0.15, 0.2) is 77.7 Å². The lowest BCUT2D eigenvalue weighted by molar-refractivity contribution is -0.118. The third-order valence-corrected chi connectivity index (χ3v) is 4.95. The average Bonchev–Trinajstić information content (AvgIpc) is 2.67. The van der Waals surface area contributed by atoms with Crippen molar-refractivity contribution < 1.29 is 22.3 Å². The zero-order valence-corrected chi connectivity index (χ0v) is 16.2. The first-order valence-electron chi connectivity index (χ1n) is 8.69. The van der Waals surface area contributed by atoms with Crippen molar-refractivity contribution >= 4 is 21.6 Å². The minimum Gasteiger partial charge on any atom is -0.483 e. The van der Waals surface area contributed by atoms with E-state index in [1.54, 1.807) is 12.1 Å². The molecule has 0 heterocycles. The number of nitrogens with one attached hydrogen (secondary N) is 1. The number of hydrogen-bond acceptors (Lipinski definition) is 4. The van der Waals surface area contributed by atoms with Gasteiger partial charge in [-0.15, -0.1) is 0 Å². The summed E-state index contributed by atoms with van der Waals surface area (Å²) in [5.74, 6) is -0.845. The maximum Gasteiger partial charge on any atom is 0.262 e. The van der Waals surface area contributed by atoms with Crippen molar-refractivity contribution in [3.63, 3.8) is 0 Å². The normalized spacial score (nSPS) is 11.1. The van der Waals surface area contributed by atoms with Gasteiger partial charge in [-0.25, -0.2) is 17.9 Å². The third kappa shape index (κ3) is 5.87. The first-order valence-corrected chi connectivity index (χ1v) is 10.2. The van der Waals surface area contributed by atoms with E-state index in [2.05, 4.69) is 5.32 Å². The molecule has 0 unspecified atom stereocenters. The molecular formula is C21H19FN2O4S. The molecule has 0 aromatic heterocycles. The van der Waals surface area contributed by atoms with Gasteiger partial charge in [-0.05, 0) is 35.4 Å². The highest BCUT2D eigenvalue weighted by Crippen LogP contribution is 2.22. The number of anilines is 1. The zero-order valence-electron chi connectivity index (χ0n) is 15.3. The molecule has 0 saturated heterocycles. The molecule has 0 bridgehead atoms. The van der Waals surface area contributed by atoms with Crippen molar-refractivity contribution in [3.8, 4) is 5.75 Å². The minimum atomic E-state index is -4.10. The van der Waals surface area contributed by atoms with Gasteiger partial charge in [-0.1, -0.05) is 48.5 Å².